The smallest absolute Gasteiger partial charge is 0.267 e. The molecule has 0 bridgehead atoms. The lowest BCUT2D eigenvalue weighted by Crippen LogP contribution is -2.19. The Morgan fingerprint density at radius 1 is 1.06 bits per heavy atom. The van der Waals surface area contributed by atoms with Crippen LogP contribution in [0.25, 0.3) is 5.69 Å². The first-order valence-corrected chi connectivity index (χ1v) is 4.70. The highest BCUT2D eigenvalue weighted by molar-refractivity contribution is 5.34. The van der Waals surface area contributed by atoms with Crippen molar-refractivity contribution in [2.24, 2.45) is 0 Å². The van der Waals surface area contributed by atoms with Gasteiger partial charge in [0.1, 0.15) is 0 Å². The number of rotatable bonds is 1. The van der Waals surface area contributed by atoms with Crippen LogP contribution in [0, 0.1) is 0 Å². The fraction of sp³-hybridized carbons (Fsp3) is 0.0909. The minimum atomic E-state index is -4.38. The Bertz CT molecular complexity index is 572. The zero-order valence-electron chi connectivity index (χ0n) is 8.48. The summed E-state index contributed by atoms with van der Waals surface area (Å²) < 4.78 is 38.0. The summed E-state index contributed by atoms with van der Waals surface area (Å²) in [5.41, 5.74) is -0.860. The fourth-order valence-corrected chi connectivity index (χ4v) is 1.34. The van der Waals surface area contributed by atoms with Gasteiger partial charge >= 0.3 is 6.18 Å². The molecule has 88 valence electrons. The molecule has 1 heterocycles. The van der Waals surface area contributed by atoms with Crippen molar-refractivity contribution < 1.29 is 13.2 Å². The molecule has 17 heavy (non-hydrogen) atoms. The van der Waals surface area contributed by atoms with Gasteiger partial charge in [0.05, 0.1) is 11.3 Å². The van der Waals surface area contributed by atoms with E-state index in [-0.39, 0.29) is 0 Å². The van der Waals surface area contributed by atoms with Gasteiger partial charge in [0.15, 0.2) is 0 Å². The predicted molar refractivity (Wildman–Crippen MR) is 54.8 cm³/mol. The molecular formula is C11H7F3N2O. The molecule has 0 N–H and O–H groups in total. The molecule has 2 aromatic rings. The van der Waals surface area contributed by atoms with Crippen LogP contribution in [0.4, 0.5) is 13.2 Å². The molecular weight excluding hydrogens is 233 g/mol. The van der Waals surface area contributed by atoms with Crippen LogP contribution >= 0.6 is 0 Å². The van der Waals surface area contributed by atoms with Gasteiger partial charge in [-0.1, -0.05) is 0 Å². The molecule has 0 saturated carbocycles. The fourth-order valence-electron chi connectivity index (χ4n) is 1.34. The zero-order chi connectivity index (χ0) is 12.5. The Hall–Kier alpha value is -2.11. The maximum absolute atomic E-state index is 12.3. The maximum atomic E-state index is 12.3. The second kappa shape index (κ2) is 4.04. The van der Waals surface area contributed by atoms with Crippen LogP contribution in [-0.2, 0) is 6.18 Å². The quantitative estimate of drug-likeness (QED) is 0.766. The van der Waals surface area contributed by atoms with Crippen molar-refractivity contribution in [3.8, 4) is 5.69 Å². The van der Waals surface area contributed by atoms with Crippen molar-refractivity contribution in [3.63, 3.8) is 0 Å². The second-order valence-electron chi connectivity index (χ2n) is 3.32. The molecule has 3 nitrogen and oxygen atoms in total. The van der Waals surface area contributed by atoms with E-state index in [1.54, 1.807) is 0 Å². The highest BCUT2D eigenvalue weighted by Crippen LogP contribution is 2.29. The van der Waals surface area contributed by atoms with Crippen molar-refractivity contribution in [3.05, 3.63) is 58.5 Å². The number of alkyl halides is 3. The zero-order valence-corrected chi connectivity index (χ0v) is 8.48. The number of hydrogen-bond acceptors (Lipinski definition) is 2. The molecule has 0 radical (unpaired) electrons. The van der Waals surface area contributed by atoms with Crippen LogP contribution in [0.15, 0.2) is 47.4 Å². The molecule has 6 heteroatoms. The number of benzene rings is 1. The van der Waals surface area contributed by atoms with Crippen LogP contribution < -0.4 is 5.56 Å². The number of nitrogens with zero attached hydrogens (tertiary/aromatic N) is 2. The van der Waals surface area contributed by atoms with E-state index in [2.05, 4.69) is 5.10 Å². The summed E-state index contributed by atoms with van der Waals surface area (Å²) in [6.45, 7) is 0. The SMILES string of the molecule is O=c1cccnn1-c1ccc(C(F)(F)F)cc1. The molecule has 1 aromatic heterocycles. The van der Waals surface area contributed by atoms with Gasteiger partial charge in [-0.15, -0.1) is 0 Å². The van der Waals surface area contributed by atoms with E-state index < -0.39 is 17.3 Å². The van der Waals surface area contributed by atoms with Crippen LogP contribution in [0.2, 0.25) is 0 Å². The molecule has 2 rings (SSSR count). The van der Waals surface area contributed by atoms with Gasteiger partial charge in [0.2, 0.25) is 0 Å². The normalized spacial score (nSPS) is 11.5. The van der Waals surface area contributed by atoms with E-state index in [1.165, 1.54) is 30.5 Å². The number of halogens is 3. The van der Waals surface area contributed by atoms with Crippen molar-refractivity contribution in [2.45, 2.75) is 6.18 Å². The number of aromatic nitrogens is 2. The number of hydrogen-bond donors (Lipinski definition) is 0. The Balaban J connectivity index is 2.44. The Morgan fingerprint density at radius 2 is 1.71 bits per heavy atom. The molecule has 0 aliphatic heterocycles. The summed E-state index contributed by atoms with van der Waals surface area (Å²) in [6.07, 6.45) is -2.99. The van der Waals surface area contributed by atoms with Gasteiger partial charge in [0, 0.05) is 12.3 Å². The standard InChI is InChI=1S/C11H7F3N2O/c12-11(13,14)8-3-5-9(6-4-8)16-10(17)2-1-7-15-16/h1-7H. The molecule has 1 aromatic carbocycles. The van der Waals surface area contributed by atoms with Crippen molar-refractivity contribution in [1.82, 2.24) is 9.78 Å². The van der Waals surface area contributed by atoms with E-state index >= 15 is 0 Å². The van der Waals surface area contributed by atoms with E-state index in [1.807, 2.05) is 0 Å². The highest BCUT2D eigenvalue weighted by Gasteiger charge is 2.30. The molecule has 0 unspecified atom stereocenters. The molecule has 0 spiro atoms. The van der Waals surface area contributed by atoms with E-state index in [0.717, 1.165) is 16.8 Å². The van der Waals surface area contributed by atoms with Crippen molar-refractivity contribution in [2.75, 3.05) is 0 Å². The van der Waals surface area contributed by atoms with Gasteiger partial charge in [-0.25, -0.2) is 0 Å². The highest BCUT2D eigenvalue weighted by atomic mass is 19.4. The summed E-state index contributed by atoms with van der Waals surface area (Å²) in [6, 6.07) is 6.98. The summed E-state index contributed by atoms with van der Waals surface area (Å²) in [5, 5.41) is 3.76. The van der Waals surface area contributed by atoms with E-state index in [4.69, 9.17) is 0 Å². The van der Waals surface area contributed by atoms with E-state index in [9.17, 15) is 18.0 Å². The van der Waals surface area contributed by atoms with Crippen molar-refractivity contribution in [1.29, 1.82) is 0 Å². The molecule has 0 saturated heterocycles. The largest absolute Gasteiger partial charge is 0.416 e. The maximum Gasteiger partial charge on any atom is 0.416 e. The Morgan fingerprint density at radius 3 is 2.24 bits per heavy atom. The van der Waals surface area contributed by atoms with Crippen LogP contribution in [0.3, 0.4) is 0 Å². The third kappa shape index (κ3) is 2.35. The molecule has 0 aliphatic carbocycles. The molecule has 0 atom stereocenters. The van der Waals surface area contributed by atoms with Gasteiger partial charge in [-0.2, -0.15) is 23.0 Å². The summed E-state index contributed by atoms with van der Waals surface area (Å²) in [5.74, 6) is 0. The molecule has 0 aliphatic rings. The average Bonchev–Trinajstić information content (AvgIpc) is 2.29. The first-order valence-electron chi connectivity index (χ1n) is 4.70. The lowest BCUT2D eigenvalue weighted by Gasteiger charge is -2.08. The van der Waals surface area contributed by atoms with Crippen LogP contribution in [0.1, 0.15) is 5.56 Å². The van der Waals surface area contributed by atoms with Crippen LogP contribution in [-0.4, -0.2) is 9.78 Å². The van der Waals surface area contributed by atoms with Gasteiger partial charge in [-0.3, -0.25) is 4.79 Å². The lowest BCUT2D eigenvalue weighted by atomic mass is 10.2. The minimum Gasteiger partial charge on any atom is -0.267 e. The predicted octanol–water partition coefficient (Wildman–Crippen LogP) is 2.25. The first kappa shape index (κ1) is 11.4. The topological polar surface area (TPSA) is 34.9 Å². The summed E-state index contributed by atoms with van der Waals surface area (Å²) in [4.78, 5) is 11.4. The van der Waals surface area contributed by atoms with Gasteiger partial charge in [0.25, 0.3) is 5.56 Å². The molecule has 0 fully saturated rings. The van der Waals surface area contributed by atoms with E-state index in [0.29, 0.717) is 5.69 Å². The summed E-state index contributed by atoms with van der Waals surface area (Å²) >= 11 is 0. The summed E-state index contributed by atoms with van der Waals surface area (Å²) in [7, 11) is 0. The van der Waals surface area contributed by atoms with Gasteiger partial charge < -0.3 is 0 Å². The lowest BCUT2D eigenvalue weighted by molar-refractivity contribution is -0.137. The second-order valence-corrected chi connectivity index (χ2v) is 3.32. The minimum absolute atomic E-state index is 0.295. The Kier molecular flexibility index (Phi) is 2.71. The molecule has 0 amide bonds. The average molecular weight is 240 g/mol. The van der Waals surface area contributed by atoms with Crippen molar-refractivity contribution >= 4 is 0 Å². The van der Waals surface area contributed by atoms with Crippen LogP contribution in [0.5, 0.6) is 0 Å². The monoisotopic (exact) mass is 240 g/mol. The Labute approximate surface area is 94.1 Å². The third-order valence-corrected chi connectivity index (χ3v) is 2.15. The third-order valence-electron chi connectivity index (χ3n) is 2.15. The van der Waals surface area contributed by atoms with Gasteiger partial charge in [-0.05, 0) is 30.3 Å². The first-order chi connectivity index (χ1) is 7.98.